The molecule has 2 N–H and O–H groups in total. The number of fused-ring (bicyclic) bond motifs is 1. The summed E-state index contributed by atoms with van der Waals surface area (Å²) in [5.74, 6) is -1.82. The fourth-order valence-electron chi connectivity index (χ4n) is 4.45. The van der Waals surface area contributed by atoms with Gasteiger partial charge in [0.1, 0.15) is 0 Å². The van der Waals surface area contributed by atoms with E-state index >= 15 is 0 Å². The van der Waals surface area contributed by atoms with Crippen LogP contribution in [0.15, 0.2) is 89.7 Å². The molecular weight excluding hydrogens is 470 g/mol. The molecule has 3 amide bonds. The van der Waals surface area contributed by atoms with Crippen LogP contribution in [0.2, 0.25) is 0 Å². The lowest BCUT2D eigenvalue weighted by atomic mass is 10.1. The number of carbonyl (C=O) groups is 3. The molecule has 9 nitrogen and oxygen atoms in total. The van der Waals surface area contributed by atoms with E-state index < -0.39 is 17.7 Å². The number of likely N-dealkylation sites (tertiary alicyclic amines) is 1. The van der Waals surface area contributed by atoms with Crippen molar-refractivity contribution in [2.24, 2.45) is 5.92 Å². The minimum absolute atomic E-state index is 0.0135. The molecule has 3 aromatic carbocycles. The largest absolute Gasteiger partial charge is 0.338 e. The third-order valence-electron chi connectivity index (χ3n) is 6.36. The first-order chi connectivity index (χ1) is 18.0. The molecule has 1 aliphatic heterocycles. The Kier molecular flexibility index (Phi) is 6.76. The summed E-state index contributed by atoms with van der Waals surface area (Å²) in [6, 6.07) is 25.6. The van der Waals surface area contributed by atoms with E-state index in [1.165, 1.54) is 4.68 Å². The number of aromatic nitrogens is 2. The van der Waals surface area contributed by atoms with Gasteiger partial charge in [-0.05, 0) is 17.2 Å². The zero-order chi connectivity index (χ0) is 25.8. The minimum Gasteiger partial charge on any atom is -0.338 e. The van der Waals surface area contributed by atoms with Crippen molar-refractivity contribution in [2.45, 2.75) is 19.5 Å². The van der Waals surface area contributed by atoms with Crippen molar-refractivity contribution in [2.75, 3.05) is 6.54 Å². The molecule has 1 aliphatic rings. The van der Waals surface area contributed by atoms with Crippen molar-refractivity contribution >= 4 is 28.5 Å². The molecule has 0 saturated carbocycles. The van der Waals surface area contributed by atoms with Crippen LogP contribution in [-0.2, 0) is 22.7 Å². The number of carbonyl (C=O) groups excluding carboxylic acids is 3. The summed E-state index contributed by atoms with van der Waals surface area (Å²) in [7, 11) is 0. The zero-order valence-electron chi connectivity index (χ0n) is 20.0. The van der Waals surface area contributed by atoms with Crippen molar-refractivity contribution in [3.8, 4) is 0 Å². The smallest absolute Gasteiger partial charge is 0.290 e. The van der Waals surface area contributed by atoms with Crippen molar-refractivity contribution in [3.05, 3.63) is 112 Å². The van der Waals surface area contributed by atoms with Crippen LogP contribution in [0.4, 0.5) is 0 Å². The Labute approximate surface area is 212 Å². The highest BCUT2D eigenvalue weighted by Crippen LogP contribution is 2.20. The van der Waals surface area contributed by atoms with Crippen molar-refractivity contribution in [1.29, 1.82) is 0 Å². The molecule has 1 atom stereocenters. The normalized spacial score (nSPS) is 15.1. The number of hydrazine groups is 1. The standard InChI is InChI=1S/C28H25N5O4/c34-24-15-21(18-32(24)16-19-9-3-1-4-10-19)26(35)29-30-27(36)25-22-13-7-8-14-23(22)28(37)33(31-25)17-20-11-5-2-6-12-20/h1-14,21H,15-18H2,(H,29,35)(H,30,36). The Morgan fingerprint density at radius 1 is 0.784 bits per heavy atom. The topological polar surface area (TPSA) is 113 Å². The van der Waals surface area contributed by atoms with Crippen LogP contribution in [-0.4, -0.2) is 38.9 Å². The van der Waals surface area contributed by atoms with Crippen molar-refractivity contribution in [1.82, 2.24) is 25.5 Å². The average molecular weight is 496 g/mol. The molecule has 0 bridgehead atoms. The minimum atomic E-state index is -0.656. The van der Waals surface area contributed by atoms with Crippen molar-refractivity contribution in [3.63, 3.8) is 0 Å². The first-order valence-corrected chi connectivity index (χ1v) is 12.0. The average Bonchev–Trinajstić information content (AvgIpc) is 3.29. The highest BCUT2D eigenvalue weighted by atomic mass is 16.2. The molecule has 1 unspecified atom stereocenters. The fraction of sp³-hybridized carbons (Fsp3) is 0.179. The molecule has 4 aromatic rings. The lowest BCUT2D eigenvalue weighted by Crippen LogP contribution is -2.45. The summed E-state index contributed by atoms with van der Waals surface area (Å²) < 4.78 is 1.24. The third kappa shape index (κ3) is 5.25. The lowest BCUT2D eigenvalue weighted by Gasteiger charge is -2.17. The Morgan fingerprint density at radius 2 is 1.38 bits per heavy atom. The second kappa shape index (κ2) is 10.4. The van der Waals surface area contributed by atoms with Gasteiger partial charge in [-0.15, -0.1) is 0 Å². The van der Waals surface area contributed by atoms with Gasteiger partial charge in [-0.3, -0.25) is 30.0 Å². The molecule has 1 fully saturated rings. The molecular formula is C28H25N5O4. The quantitative estimate of drug-likeness (QED) is 0.399. The Hall–Kier alpha value is -4.79. The highest BCUT2D eigenvalue weighted by molar-refractivity contribution is 6.05. The van der Waals surface area contributed by atoms with E-state index in [9.17, 15) is 19.2 Å². The number of nitrogens with zero attached hydrogens (tertiary/aromatic N) is 3. The third-order valence-corrected chi connectivity index (χ3v) is 6.36. The molecule has 2 heterocycles. The van der Waals surface area contributed by atoms with E-state index in [1.54, 1.807) is 29.2 Å². The predicted molar refractivity (Wildman–Crippen MR) is 137 cm³/mol. The van der Waals surface area contributed by atoms with Gasteiger partial charge in [-0.1, -0.05) is 78.9 Å². The highest BCUT2D eigenvalue weighted by Gasteiger charge is 2.34. The molecule has 5 rings (SSSR count). The Bertz CT molecular complexity index is 1520. The van der Waals surface area contributed by atoms with Gasteiger partial charge < -0.3 is 4.90 Å². The van der Waals surface area contributed by atoms with Crippen LogP contribution in [0.3, 0.4) is 0 Å². The van der Waals surface area contributed by atoms with Gasteiger partial charge in [0.05, 0.1) is 17.8 Å². The van der Waals surface area contributed by atoms with Crippen LogP contribution in [0.1, 0.15) is 28.0 Å². The van der Waals surface area contributed by atoms with E-state index in [0.717, 1.165) is 11.1 Å². The fourth-order valence-corrected chi connectivity index (χ4v) is 4.45. The number of hydrogen-bond acceptors (Lipinski definition) is 5. The lowest BCUT2D eigenvalue weighted by molar-refractivity contribution is -0.129. The first kappa shape index (κ1) is 23.9. The van der Waals surface area contributed by atoms with Crippen LogP contribution in [0, 0.1) is 5.92 Å². The summed E-state index contributed by atoms with van der Waals surface area (Å²) >= 11 is 0. The number of nitrogens with one attached hydrogen (secondary N) is 2. The predicted octanol–water partition coefficient (Wildman–Crippen LogP) is 2.25. The van der Waals surface area contributed by atoms with E-state index in [4.69, 9.17) is 0 Å². The number of rotatable bonds is 6. The maximum atomic E-state index is 13.1. The van der Waals surface area contributed by atoms with E-state index in [2.05, 4.69) is 16.0 Å². The molecule has 0 spiro atoms. The van der Waals surface area contributed by atoms with Crippen LogP contribution in [0.5, 0.6) is 0 Å². The van der Waals surface area contributed by atoms with Gasteiger partial charge in [0.2, 0.25) is 11.8 Å². The number of amides is 3. The second-order valence-corrected chi connectivity index (χ2v) is 8.95. The van der Waals surface area contributed by atoms with E-state index in [1.807, 2.05) is 60.7 Å². The Balaban J connectivity index is 1.29. The monoisotopic (exact) mass is 495 g/mol. The van der Waals surface area contributed by atoms with E-state index in [-0.39, 0.29) is 36.7 Å². The van der Waals surface area contributed by atoms with Crippen LogP contribution in [0.25, 0.3) is 10.8 Å². The van der Waals surface area contributed by atoms with Crippen LogP contribution >= 0.6 is 0 Å². The number of benzene rings is 3. The summed E-state index contributed by atoms with van der Waals surface area (Å²) in [6.45, 7) is 0.881. The summed E-state index contributed by atoms with van der Waals surface area (Å²) in [6.07, 6.45) is 0.0671. The molecule has 1 saturated heterocycles. The molecule has 0 radical (unpaired) electrons. The Morgan fingerprint density at radius 3 is 2.05 bits per heavy atom. The van der Waals surface area contributed by atoms with E-state index in [0.29, 0.717) is 17.3 Å². The maximum absolute atomic E-state index is 13.1. The molecule has 186 valence electrons. The molecule has 0 aliphatic carbocycles. The van der Waals surface area contributed by atoms with Gasteiger partial charge in [-0.25, -0.2) is 4.68 Å². The SMILES string of the molecule is O=C(NNC(=O)C1CC(=O)N(Cc2ccccc2)C1)c1nn(Cc2ccccc2)c(=O)c2ccccc12. The molecule has 37 heavy (non-hydrogen) atoms. The molecule has 9 heteroatoms. The van der Waals surface area contributed by atoms with Gasteiger partial charge in [0.15, 0.2) is 5.69 Å². The van der Waals surface area contributed by atoms with Crippen molar-refractivity contribution < 1.29 is 14.4 Å². The van der Waals surface area contributed by atoms with Gasteiger partial charge >= 0.3 is 0 Å². The van der Waals surface area contributed by atoms with Gasteiger partial charge in [0.25, 0.3) is 11.5 Å². The maximum Gasteiger partial charge on any atom is 0.290 e. The summed E-state index contributed by atoms with van der Waals surface area (Å²) in [5, 5.41) is 5.05. The zero-order valence-corrected chi connectivity index (χ0v) is 20.0. The first-order valence-electron chi connectivity index (χ1n) is 12.0. The molecule has 1 aromatic heterocycles. The van der Waals surface area contributed by atoms with Gasteiger partial charge in [0, 0.05) is 24.9 Å². The summed E-state index contributed by atoms with van der Waals surface area (Å²) in [4.78, 5) is 52.9. The summed E-state index contributed by atoms with van der Waals surface area (Å²) in [5.41, 5.74) is 6.38. The second-order valence-electron chi connectivity index (χ2n) is 8.95. The van der Waals surface area contributed by atoms with Gasteiger partial charge in [-0.2, -0.15) is 5.10 Å². The number of hydrogen-bond donors (Lipinski definition) is 2. The van der Waals surface area contributed by atoms with Crippen LogP contribution < -0.4 is 16.4 Å².